The number of methoxy groups -OCH3 is 2. The first kappa shape index (κ1) is 18.1. The first-order valence-corrected chi connectivity index (χ1v) is 8.21. The van der Waals surface area contributed by atoms with E-state index in [4.69, 9.17) is 9.47 Å². The van der Waals surface area contributed by atoms with Gasteiger partial charge < -0.3 is 19.3 Å². The second-order valence-electron chi connectivity index (χ2n) is 6.10. The van der Waals surface area contributed by atoms with Crippen LogP contribution in [0.4, 0.5) is 0 Å². The fourth-order valence-corrected chi connectivity index (χ4v) is 3.00. The van der Waals surface area contributed by atoms with Gasteiger partial charge in [-0.05, 0) is 17.5 Å². The molecule has 1 aromatic rings. The molecule has 2 rings (SSSR count). The van der Waals surface area contributed by atoms with Crippen LogP contribution in [0.5, 0.6) is 11.5 Å². The number of amides is 2. The molecule has 2 amide bonds. The second-order valence-corrected chi connectivity index (χ2v) is 6.10. The Morgan fingerprint density at radius 2 is 1.71 bits per heavy atom. The smallest absolute Gasteiger partial charge is 0.223 e. The van der Waals surface area contributed by atoms with E-state index < -0.39 is 0 Å². The standard InChI is InChI=1S/C18H26N2O4/c1-13(16-6-5-15(23-3)12-17(16)24-4)11-18(22)20-9-7-19(8-10-20)14(2)21/h5-6,12-13H,7-11H2,1-4H3. The van der Waals surface area contributed by atoms with Crippen molar-refractivity contribution in [2.45, 2.75) is 26.2 Å². The molecule has 1 aliphatic heterocycles. The van der Waals surface area contributed by atoms with Crippen LogP contribution < -0.4 is 9.47 Å². The molecule has 1 atom stereocenters. The number of ether oxygens (including phenoxy) is 2. The van der Waals surface area contributed by atoms with Crippen molar-refractivity contribution in [3.05, 3.63) is 23.8 Å². The van der Waals surface area contributed by atoms with Gasteiger partial charge >= 0.3 is 0 Å². The van der Waals surface area contributed by atoms with Gasteiger partial charge in [-0.15, -0.1) is 0 Å². The number of benzene rings is 1. The summed E-state index contributed by atoms with van der Waals surface area (Å²) in [4.78, 5) is 27.5. The molecule has 1 fully saturated rings. The summed E-state index contributed by atoms with van der Waals surface area (Å²) in [7, 11) is 3.23. The lowest BCUT2D eigenvalue weighted by atomic mass is 9.96. The van der Waals surface area contributed by atoms with E-state index in [0.29, 0.717) is 32.6 Å². The van der Waals surface area contributed by atoms with Crippen LogP contribution in [-0.2, 0) is 9.59 Å². The molecule has 0 saturated carbocycles. The molecule has 0 bridgehead atoms. The number of rotatable bonds is 5. The molecule has 1 saturated heterocycles. The van der Waals surface area contributed by atoms with Crippen LogP contribution in [-0.4, -0.2) is 62.0 Å². The van der Waals surface area contributed by atoms with Gasteiger partial charge in [-0.1, -0.05) is 13.0 Å². The third kappa shape index (κ3) is 4.19. The van der Waals surface area contributed by atoms with Crippen LogP contribution in [0.3, 0.4) is 0 Å². The lowest BCUT2D eigenvalue weighted by Crippen LogP contribution is -2.50. The molecule has 1 aromatic carbocycles. The number of hydrogen-bond acceptors (Lipinski definition) is 4. The van der Waals surface area contributed by atoms with Gasteiger partial charge in [0, 0.05) is 45.6 Å². The zero-order valence-corrected chi connectivity index (χ0v) is 14.9. The molecule has 0 aliphatic carbocycles. The molecule has 0 radical (unpaired) electrons. The minimum absolute atomic E-state index is 0.0455. The van der Waals surface area contributed by atoms with Gasteiger partial charge in [0.15, 0.2) is 0 Å². The number of carbonyl (C=O) groups is 2. The van der Waals surface area contributed by atoms with Crippen LogP contribution in [0.15, 0.2) is 18.2 Å². The number of hydrogen-bond donors (Lipinski definition) is 0. The zero-order chi connectivity index (χ0) is 17.7. The van der Waals surface area contributed by atoms with Gasteiger partial charge in [-0.2, -0.15) is 0 Å². The predicted molar refractivity (Wildman–Crippen MR) is 91.4 cm³/mol. The lowest BCUT2D eigenvalue weighted by Gasteiger charge is -2.34. The highest BCUT2D eigenvalue weighted by Gasteiger charge is 2.24. The molecule has 1 unspecified atom stereocenters. The Labute approximate surface area is 143 Å². The van der Waals surface area contributed by atoms with Crippen LogP contribution >= 0.6 is 0 Å². The Morgan fingerprint density at radius 1 is 1.08 bits per heavy atom. The maximum absolute atomic E-state index is 12.5. The first-order chi connectivity index (χ1) is 11.5. The van der Waals surface area contributed by atoms with Crippen LogP contribution in [0.25, 0.3) is 0 Å². The molecule has 1 aliphatic rings. The van der Waals surface area contributed by atoms with Crippen molar-refractivity contribution in [3.8, 4) is 11.5 Å². The molecule has 6 nitrogen and oxygen atoms in total. The topological polar surface area (TPSA) is 59.1 Å². The van der Waals surface area contributed by atoms with E-state index >= 15 is 0 Å². The first-order valence-electron chi connectivity index (χ1n) is 8.21. The zero-order valence-electron chi connectivity index (χ0n) is 14.9. The van der Waals surface area contributed by atoms with Gasteiger partial charge in [0.2, 0.25) is 11.8 Å². The monoisotopic (exact) mass is 334 g/mol. The summed E-state index contributed by atoms with van der Waals surface area (Å²) in [6, 6.07) is 5.66. The van der Waals surface area contributed by atoms with E-state index in [2.05, 4.69) is 0 Å². The summed E-state index contributed by atoms with van der Waals surface area (Å²) in [5.74, 6) is 1.69. The summed E-state index contributed by atoms with van der Waals surface area (Å²) in [6.45, 7) is 6.02. The Kier molecular flexibility index (Phi) is 6.06. The number of piperazine rings is 1. The predicted octanol–water partition coefficient (Wildman–Crippen LogP) is 1.89. The summed E-state index contributed by atoms with van der Waals surface area (Å²) in [5, 5.41) is 0. The maximum Gasteiger partial charge on any atom is 0.223 e. The molecule has 132 valence electrons. The summed E-state index contributed by atoms with van der Waals surface area (Å²) in [6.07, 6.45) is 0.419. The lowest BCUT2D eigenvalue weighted by molar-refractivity contribution is -0.138. The quantitative estimate of drug-likeness (QED) is 0.825. The molecule has 1 heterocycles. The van der Waals surface area contributed by atoms with Crippen molar-refractivity contribution in [1.29, 1.82) is 0 Å². The van der Waals surface area contributed by atoms with Crippen LogP contribution in [0.1, 0.15) is 31.7 Å². The maximum atomic E-state index is 12.5. The molecular weight excluding hydrogens is 308 g/mol. The van der Waals surface area contributed by atoms with E-state index in [1.54, 1.807) is 26.0 Å². The normalized spacial score (nSPS) is 15.8. The van der Waals surface area contributed by atoms with Crippen LogP contribution in [0.2, 0.25) is 0 Å². The van der Waals surface area contributed by atoms with Gasteiger partial charge in [0.25, 0.3) is 0 Å². The highest BCUT2D eigenvalue weighted by atomic mass is 16.5. The fraction of sp³-hybridized carbons (Fsp3) is 0.556. The van der Waals surface area contributed by atoms with Crippen molar-refractivity contribution < 1.29 is 19.1 Å². The SMILES string of the molecule is COc1ccc(C(C)CC(=O)N2CCN(C(C)=O)CC2)c(OC)c1. The molecule has 0 N–H and O–H groups in total. The Morgan fingerprint density at radius 3 is 2.25 bits per heavy atom. The van der Waals surface area contributed by atoms with Crippen LogP contribution in [0, 0.1) is 0 Å². The largest absolute Gasteiger partial charge is 0.497 e. The van der Waals surface area contributed by atoms with Gasteiger partial charge in [0.05, 0.1) is 14.2 Å². The fourth-order valence-electron chi connectivity index (χ4n) is 3.00. The molecule has 0 aromatic heterocycles. The molecule has 0 spiro atoms. The molecule has 24 heavy (non-hydrogen) atoms. The Bertz CT molecular complexity index is 595. The molecule has 6 heteroatoms. The van der Waals surface area contributed by atoms with Crippen molar-refractivity contribution >= 4 is 11.8 Å². The minimum atomic E-state index is 0.0455. The number of carbonyl (C=O) groups excluding carboxylic acids is 2. The van der Waals surface area contributed by atoms with Crippen molar-refractivity contribution in [2.24, 2.45) is 0 Å². The highest BCUT2D eigenvalue weighted by molar-refractivity contribution is 5.78. The van der Waals surface area contributed by atoms with Gasteiger partial charge in [0.1, 0.15) is 11.5 Å². The average Bonchev–Trinajstić information content (AvgIpc) is 2.60. The number of nitrogens with zero attached hydrogens (tertiary/aromatic N) is 2. The van der Waals surface area contributed by atoms with E-state index in [1.165, 1.54) is 0 Å². The summed E-state index contributed by atoms with van der Waals surface area (Å²) >= 11 is 0. The molecular formula is C18H26N2O4. The van der Waals surface area contributed by atoms with Crippen molar-refractivity contribution in [2.75, 3.05) is 40.4 Å². The summed E-state index contributed by atoms with van der Waals surface area (Å²) in [5.41, 5.74) is 0.994. The Hall–Kier alpha value is -2.24. The van der Waals surface area contributed by atoms with Gasteiger partial charge in [-0.25, -0.2) is 0 Å². The van der Waals surface area contributed by atoms with E-state index in [-0.39, 0.29) is 17.7 Å². The third-order valence-corrected chi connectivity index (χ3v) is 4.53. The second kappa shape index (κ2) is 8.04. The third-order valence-electron chi connectivity index (χ3n) is 4.53. The van der Waals surface area contributed by atoms with Gasteiger partial charge in [-0.3, -0.25) is 9.59 Å². The summed E-state index contributed by atoms with van der Waals surface area (Å²) < 4.78 is 10.6. The minimum Gasteiger partial charge on any atom is -0.497 e. The Balaban J connectivity index is 1.98. The highest BCUT2D eigenvalue weighted by Crippen LogP contribution is 2.32. The average molecular weight is 334 g/mol. The van der Waals surface area contributed by atoms with E-state index in [9.17, 15) is 9.59 Å². The van der Waals surface area contributed by atoms with E-state index in [0.717, 1.165) is 17.1 Å². The van der Waals surface area contributed by atoms with E-state index in [1.807, 2.05) is 30.0 Å². The van der Waals surface area contributed by atoms with Crippen molar-refractivity contribution in [1.82, 2.24) is 9.80 Å². The van der Waals surface area contributed by atoms with Crippen molar-refractivity contribution in [3.63, 3.8) is 0 Å².